The third-order valence-electron chi connectivity index (χ3n) is 4.50. The number of benzene rings is 1. The molecule has 0 amide bonds. The minimum absolute atomic E-state index is 0.424. The quantitative estimate of drug-likeness (QED) is 0.709. The highest BCUT2D eigenvalue weighted by atomic mass is 16.5. The zero-order valence-electron chi connectivity index (χ0n) is 13.6. The molecular weight excluding hydrogens is 316 g/mol. The number of pyridine rings is 1. The fourth-order valence-corrected chi connectivity index (χ4v) is 2.79. The molecule has 124 valence electrons. The number of nitriles is 1. The molecule has 2 aromatic heterocycles. The van der Waals surface area contributed by atoms with E-state index in [1.165, 1.54) is 0 Å². The molecule has 1 saturated carbocycles. The zero-order chi connectivity index (χ0) is 17.1. The monoisotopic (exact) mass is 332 g/mol. The Morgan fingerprint density at radius 3 is 2.68 bits per heavy atom. The van der Waals surface area contributed by atoms with E-state index in [9.17, 15) is 5.26 Å². The van der Waals surface area contributed by atoms with Crippen molar-refractivity contribution in [1.82, 2.24) is 15.1 Å². The summed E-state index contributed by atoms with van der Waals surface area (Å²) in [5, 5.41) is 13.4. The maximum atomic E-state index is 9.36. The van der Waals surface area contributed by atoms with Gasteiger partial charge < -0.3 is 9.26 Å². The van der Waals surface area contributed by atoms with Crippen LogP contribution >= 0.6 is 0 Å². The maximum Gasteiger partial charge on any atom is 0.247 e. The molecule has 25 heavy (non-hydrogen) atoms. The molecule has 0 saturated heterocycles. The van der Waals surface area contributed by atoms with Crippen LogP contribution in [0.25, 0.3) is 11.4 Å². The lowest BCUT2D eigenvalue weighted by atomic mass is 9.70. The summed E-state index contributed by atoms with van der Waals surface area (Å²) in [5.74, 6) is 1.67. The van der Waals surface area contributed by atoms with Crippen LogP contribution in [0.4, 0.5) is 0 Å². The van der Waals surface area contributed by atoms with Crippen LogP contribution in [0.2, 0.25) is 0 Å². The van der Waals surface area contributed by atoms with Gasteiger partial charge in [-0.25, -0.2) is 0 Å². The van der Waals surface area contributed by atoms with Crippen molar-refractivity contribution >= 4 is 0 Å². The Balaban J connectivity index is 1.46. The van der Waals surface area contributed by atoms with E-state index in [0.29, 0.717) is 18.3 Å². The number of rotatable bonds is 5. The fourth-order valence-electron chi connectivity index (χ4n) is 2.79. The minimum atomic E-state index is -0.585. The lowest BCUT2D eigenvalue weighted by Crippen LogP contribution is -2.32. The standard InChI is InChI=1S/C19H16N4O2/c20-13-19(8-2-9-19)18-22-17(23-25-18)15-4-6-16(7-5-15)24-12-14-3-1-10-21-11-14/h1,3-7,10-11H,2,8-9,12H2. The maximum absolute atomic E-state index is 9.36. The summed E-state index contributed by atoms with van der Waals surface area (Å²) in [7, 11) is 0. The third-order valence-corrected chi connectivity index (χ3v) is 4.50. The summed E-state index contributed by atoms with van der Waals surface area (Å²) in [6, 6.07) is 13.7. The van der Waals surface area contributed by atoms with E-state index in [-0.39, 0.29) is 0 Å². The summed E-state index contributed by atoms with van der Waals surface area (Å²) < 4.78 is 11.1. The Morgan fingerprint density at radius 1 is 1.20 bits per heavy atom. The van der Waals surface area contributed by atoms with Gasteiger partial charge in [0.1, 0.15) is 17.8 Å². The molecule has 3 aromatic rings. The van der Waals surface area contributed by atoms with E-state index >= 15 is 0 Å². The third kappa shape index (κ3) is 2.96. The number of nitrogens with zero attached hydrogens (tertiary/aromatic N) is 4. The second-order valence-electron chi connectivity index (χ2n) is 6.14. The van der Waals surface area contributed by atoms with E-state index in [1.54, 1.807) is 12.4 Å². The van der Waals surface area contributed by atoms with Crippen molar-refractivity contribution in [3.05, 3.63) is 60.2 Å². The molecule has 0 aliphatic heterocycles. The van der Waals surface area contributed by atoms with E-state index in [1.807, 2.05) is 36.4 Å². The van der Waals surface area contributed by atoms with Crippen molar-refractivity contribution in [3.63, 3.8) is 0 Å². The first kappa shape index (κ1) is 15.3. The molecule has 1 fully saturated rings. The van der Waals surface area contributed by atoms with Gasteiger partial charge in [-0.15, -0.1) is 0 Å². The minimum Gasteiger partial charge on any atom is -0.489 e. The molecule has 0 unspecified atom stereocenters. The van der Waals surface area contributed by atoms with Gasteiger partial charge in [0, 0.05) is 23.5 Å². The van der Waals surface area contributed by atoms with Gasteiger partial charge in [0.25, 0.3) is 0 Å². The van der Waals surface area contributed by atoms with Gasteiger partial charge in [-0.2, -0.15) is 10.2 Å². The molecule has 0 spiro atoms. The van der Waals surface area contributed by atoms with Crippen molar-refractivity contribution in [3.8, 4) is 23.2 Å². The number of hydrogen-bond donors (Lipinski definition) is 0. The van der Waals surface area contributed by atoms with Crippen LogP contribution in [0, 0.1) is 11.3 Å². The van der Waals surface area contributed by atoms with Gasteiger partial charge in [-0.3, -0.25) is 4.98 Å². The van der Waals surface area contributed by atoms with Crippen LogP contribution in [0.3, 0.4) is 0 Å². The molecule has 1 aliphatic carbocycles. The van der Waals surface area contributed by atoms with Crippen LogP contribution in [0.5, 0.6) is 5.75 Å². The summed E-state index contributed by atoms with van der Waals surface area (Å²) >= 11 is 0. The molecule has 0 atom stereocenters. The molecule has 2 heterocycles. The first-order valence-electron chi connectivity index (χ1n) is 8.17. The average molecular weight is 332 g/mol. The lowest BCUT2D eigenvalue weighted by Gasteiger charge is -2.30. The smallest absolute Gasteiger partial charge is 0.247 e. The normalized spacial score (nSPS) is 15.2. The van der Waals surface area contributed by atoms with Gasteiger partial charge in [0.2, 0.25) is 11.7 Å². The first-order valence-corrected chi connectivity index (χ1v) is 8.17. The zero-order valence-corrected chi connectivity index (χ0v) is 13.6. The Kier molecular flexibility index (Phi) is 3.90. The predicted octanol–water partition coefficient (Wildman–Crippen LogP) is 3.66. The van der Waals surface area contributed by atoms with Gasteiger partial charge in [0.05, 0.1) is 6.07 Å². The molecule has 6 heteroatoms. The van der Waals surface area contributed by atoms with E-state index < -0.39 is 5.41 Å². The van der Waals surface area contributed by atoms with Gasteiger partial charge in [0.15, 0.2) is 0 Å². The molecular formula is C19H16N4O2. The number of aromatic nitrogens is 3. The summed E-state index contributed by atoms with van der Waals surface area (Å²) in [6.07, 6.45) is 6.10. The highest BCUT2D eigenvalue weighted by Gasteiger charge is 2.44. The van der Waals surface area contributed by atoms with E-state index in [0.717, 1.165) is 36.1 Å². The lowest BCUT2D eigenvalue weighted by molar-refractivity contribution is 0.232. The van der Waals surface area contributed by atoms with Crippen LogP contribution in [0.1, 0.15) is 30.7 Å². The molecule has 6 nitrogen and oxygen atoms in total. The predicted molar refractivity (Wildman–Crippen MR) is 89.4 cm³/mol. The largest absolute Gasteiger partial charge is 0.489 e. The van der Waals surface area contributed by atoms with Crippen molar-refractivity contribution < 1.29 is 9.26 Å². The van der Waals surface area contributed by atoms with Crippen molar-refractivity contribution in [2.75, 3.05) is 0 Å². The fraction of sp³-hybridized carbons (Fsp3) is 0.263. The SMILES string of the molecule is N#CC1(c2nc(-c3ccc(OCc4cccnc4)cc3)no2)CCC1. The van der Waals surface area contributed by atoms with Crippen LogP contribution in [-0.4, -0.2) is 15.1 Å². The Bertz CT molecular complexity index is 893. The molecule has 0 radical (unpaired) electrons. The van der Waals surface area contributed by atoms with Crippen molar-refractivity contribution in [2.24, 2.45) is 0 Å². The summed E-state index contributed by atoms with van der Waals surface area (Å²) in [6.45, 7) is 0.463. The van der Waals surface area contributed by atoms with Crippen LogP contribution in [-0.2, 0) is 12.0 Å². The second kappa shape index (κ2) is 6.36. The highest BCUT2D eigenvalue weighted by molar-refractivity contribution is 5.55. The topological polar surface area (TPSA) is 84.8 Å². The molecule has 0 bridgehead atoms. The highest BCUT2D eigenvalue weighted by Crippen LogP contribution is 2.42. The van der Waals surface area contributed by atoms with E-state index in [4.69, 9.17) is 9.26 Å². The second-order valence-corrected chi connectivity index (χ2v) is 6.14. The molecule has 0 N–H and O–H groups in total. The van der Waals surface area contributed by atoms with Crippen LogP contribution < -0.4 is 4.74 Å². The van der Waals surface area contributed by atoms with Crippen LogP contribution in [0.15, 0.2) is 53.3 Å². The Hall–Kier alpha value is -3.20. The average Bonchev–Trinajstić information content (AvgIpc) is 3.11. The number of hydrogen-bond acceptors (Lipinski definition) is 6. The first-order chi connectivity index (χ1) is 12.3. The van der Waals surface area contributed by atoms with Gasteiger partial charge >= 0.3 is 0 Å². The van der Waals surface area contributed by atoms with Gasteiger partial charge in [-0.1, -0.05) is 11.2 Å². The molecule has 4 rings (SSSR count). The molecule has 1 aromatic carbocycles. The summed E-state index contributed by atoms with van der Waals surface area (Å²) in [5.41, 5.74) is 1.26. The molecule has 1 aliphatic rings. The number of ether oxygens (including phenoxy) is 1. The summed E-state index contributed by atoms with van der Waals surface area (Å²) in [4.78, 5) is 8.48. The Morgan fingerprint density at radius 2 is 2.04 bits per heavy atom. The van der Waals surface area contributed by atoms with E-state index in [2.05, 4.69) is 21.2 Å². The van der Waals surface area contributed by atoms with Crippen molar-refractivity contribution in [2.45, 2.75) is 31.3 Å². The Labute approximate surface area is 145 Å². The van der Waals surface area contributed by atoms with Gasteiger partial charge in [-0.05, 0) is 49.6 Å². The van der Waals surface area contributed by atoms with Crippen molar-refractivity contribution in [1.29, 1.82) is 5.26 Å².